The van der Waals surface area contributed by atoms with E-state index in [0.29, 0.717) is 12.1 Å². The SMILES string of the molecule is Cc1ccc(S(=O)(=O)N(CC(=O)N(CCc2ccccc2)C(C)C(=O)NC2CCCCC2)c2cc(C)ccc2C)cc1. The van der Waals surface area contributed by atoms with Gasteiger partial charge in [0.15, 0.2) is 0 Å². The topological polar surface area (TPSA) is 86.8 Å². The number of hydrogen-bond donors (Lipinski definition) is 1. The van der Waals surface area contributed by atoms with E-state index in [1.54, 1.807) is 37.3 Å². The van der Waals surface area contributed by atoms with Crippen LogP contribution < -0.4 is 9.62 Å². The first-order chi connectivity index (χ1) is 20.1. The summed E-state index contributed by atoms with van der Waals surface area (Å²) in [6.45, 7) is 7.23. The highest BCUT2D eigenvalue weighted by molar-refractivity contribution is 7.92. The minimum absolute atomic E-state index is 0.105. The van der Waals surface area contributed by atoms with Crippen molar-refractivity contribution in [2.75, 3.05) is 17.4 Å². The van der Waals surface area contributed by atoms with Gasteiger partial charge in [0.1, 0.15) is 12.6 Å². The number of aryl methyl sites for hydroxylation is 3. The minimum atomic E-state index is -4.09. The fraction of sp³-hybridized carbons (Fsp3) is 0.412. The van der Waals surface area contributed by atoms with Crippen LogP contribution >= 0.6 is 0 Å². The van der Waals surface area contributed by atoms with Crippen LogP contribution in [0.15, 0.2) is 77.7 Å². The molecule has 4 rings (SSSR count). The van der Waals surface area contributed by atoms with Crippen molar-refractivity contribution in [1.82, 2.24) is 10.2 Å². The summed E-state index contributed by atoms with van der Waals surface area (Å²) in [5.74, 6) is -0.628. The summed E-state index contributed by atoms with van der Waals surface area (Å²) in [7, 11) is -4.09. The van der Waals surface area contributed by atoms with Gasteiger partial charge < -0.3 is 10.2 Å². The van der Waals surface area contributed by atoms with Crippen molar-refractivity contribution in [2.45, 2.75) is 83.2 Å². The van der Waals surface area contributed by atoms with Gasteiger partial charge >= 0.3 is 0 Å². The Labute approximate surface area is 251 Å². The lowest BCUT2D eigenvalue weighted by molar-refractivity contribution is -0.139. The maximum absolute atomic E-state index is 14.2. The average molecular weight is 590 g/mol. The zero-order chi connectivity index (χ0) is 30.3. The normalized spacial score (nSPS) is 14.7. The third-order valence-electron chi connectivity index (χ3n) is 8.12. The third-order valence-corrected chi connectivity index (χ3v) is 9.90. The summed E-state index contributed by atoms with van der Waals surface area (Å²) in [4.78, 5) is 29.2. The molecule has 1 saturated carbocycles. The molecule has 0 bridgehead atoms. The molecule has 1 N–H and O–H groups in total. The van der Waals surface area contributed by atoms with E-state index in [9.17, 15) is 18.0 Å². The molecule has 1 aliphatic rings. The Kier molecular flexibility index (Phi) is 10.4. The van der Waals surface area contributed by atoms with Gasteiger partial charge in [0.05, 0.1) is 10.6 Å². The molecule has 7 nitrogen and oxygen atoms in total. The molecule has 1 unspecified atom stereocenters. The van der Waals surface area contributed by atoms with Crippen molar-refractivity contribution >= 4 is 27.5 Å². The number of amides is 2. The molecule has 0 saturated heterocycles. The zero-order valence-corrected chi connectivity index (χ0v) is 26.0. The van der Waals surface area contributed by atoms with Gasteiger partial charge in [-0.25, -0.2) is 8.42 Å². The number of benzene rings is 3. The van der Waals surface area contributed by atoms with Crippen molar-refractivity contribution in [3.8, 4) is 0 Å². The molecule has 0 heterocycles. The summed E-state index contributed by atoms with van der Waals surface area (Å²) in [6, 6.07) is 21.3. The van der Waals surface area contributed by atoms with E-state index in [4.69, 9.17) is 0 Å². The van der Waals surface area contributed by atoms with Gasteiger partial charge in [-0.05, 0) is 81.8 Å². The van der Waals surface area contributed by atoms with Gasteiger partial charge in [0.2, 0.25) is 11.8 Å². The number of nitrogens with one attached hydrogen (secondary N) is 1. The monoisotopic (exact) mass is 589 g/mol. The van der Waals surface area contributed by atoms with E-state index in [1.165, 1.54) is 15.6 Å². The lowest BCUT2D eigenvalue weighted by Gasteiger charge is -2.33. The van der Waals surface area contributed by atoms with Crippen LogP contribution in [0.2, 0.25) is 0 Å². The standard InChI is InChI=1S/C34H43N3O4S/c1-25-16-19-31(20-17-25)42(40,41)37(32-23-26(2)15-18-27(32)3)24-33(38)36(22-21-29-11-7-5-8-12-29)28(4)34(39)35-30-13-9-6-10-14-30/h5,7-8,11-12,15-20,23,28,30H,6,9-10,13-14,21-22,24H2,1-4H3,(H,35,39). The largest absolute Gasteiger partial charge is 0.352 e. The fourth-order valence-electron chi connectivity index (χ4n) is 5.48. The molecule has 3 aromatic carbocycles. The van der Waals surface area contributed by atoms with Gasteiger partial charge in [-0.15, -0.1) is 0 Å². The Morgan fingerprint density at radius 1 is 0.881 bits per heavy atom. The van der Waals surface area contributed by atoms with Crippen LogP contribution in [-0.4, -0.2) is 50.3 Å². The van der Waals surface area contributed by atoms with Crippen LogP contribution in [0.25, 0.3) is 0 Å². The molecule has 42 heavy (non-hydrogen) atoms. The molecule has 1 aliphatic carbocycles. The maximum Gasteiger partial charge on any atom is 0.264 e. The second kappa shape index (κ2) is 14.0. The second-order valence-electron chi connectivity index (χ2n) is 11.5. The van der Waals surface area contributed by atoms with Gasteiger partial charge in [-0.2, -0.15) is 0 Å². The Hall–Kier alpha value is -3.65. The number of carbonyl (C=O) groups is 2. The van der Waals surface area contributed by atoms with Gasteiger partial charge in [0.25, 0.3) is 10.0 Å². The summed E-state index contributed by atoms with van der Waals surface area (Å²) in [6.07, 6.45) is 5.75. The molecule has 1 fully saturated rings. The summed E-state index contributed by atoms with van der Waals surface area (Å²) in [5.41, 5.74) is 4.05. The minimum Gasteiger partial charge on any atom is -0.352 e. The molecular weight excluding hydrogens is 546 g/mol. The van der Waals surface area contributed by atoms with E-state index < -0.39 is 28.5 Å². The molecular formula is C34H43N3O4S. The van der Waals surface area contributed by atoms with Crippen LogP contribution in [0.5, 0.6) is 0 Å². The Morgan fingerprint density at radius 2 is 1.52 bits per heavy atom. The number of hydrogen-bond acceptors (Lipinski definition) is 4. The van der Waals surface area contributed by atoms with Crippen molar-refractivity contribution in [1.29, 1.82) is 0 Å². The van der Waals surface area contributed by atoms with Crippen molar-refractivity contribution in [3.63, 3.8) is 0 Å². The van der Waals surface area contributed by atoms with E-state index in [0.717, 1.165) is 47.9 Å². The summed E-state index contributed by atoms with van der Waals surface area (Å²) < 4.78 is 29.4. The molecule has 0 aromatic heterocycles. The molecule has 8 heteroatoms. The van der Waals surface area contributed by atoms with E-state index in [1.807, 2.05) is 63.2 Å². The highest BCUT2D eigenvalue weighted by Gasteiger charge is 2.33. The van der Waals surface area contributed by atoms with E-state index in [2.05, 4.69) is 5.32 Å². The fourth-order valence-corrected chi connectivity index (χ4v) is 6.95. The lowest BCUT2D eigenvalue weighted by atomic mass is 9.95. The molecule has 0 radical (unpaired) electrons. The van der Waals surface area contributed by atoms with Gasteiger partial charge in [-0.3, -0.25) is 13.9 Å². The second-order valence-corrected chi connectivity index (χ2v) is 13.3. The van der Waals surface area contributed by atoms with Crippen molar-refractivity contribution in [2.24, 2.45) is 0 Å². The molecule has 0 spiro atoms. The predicted molar refractivity (Wildman–Crippen MR) is 168 cm³/mol. The third kappa shape index (κ3) is 7.79. The quantitative estimate of drug-likeness (QED) is 0.310. The first kappa shape index (κ1) is 31.3. The highest BCUT2D eigenvalue weighted by atomic mass is 32.2. The van der Waals surface area contributed by atoms with E-state index in [-0.39, 0.29) is 23.4 Å². The zero-order valence-electron chi connectivity index (χ0n) is 25.2. The van der Waals surface area contributed by atoms with E-state index >= 15 is 0 Å². The van der Waals surface area contributed by atoms with Gasteiger partial charge in [-0.1, -0.05) is 79.4 Å². The number of sulfonamides is 1. The van der Waals surface area contributed by atoms with Gasteiger partial charge in [0, 0.05) is 12.6 Å². The van der Waals surface area contributed by atoms with Crippen LogP contribution in [0, 0.1) is 20.8 Å². The number of anilines is 1. The maximum atomic E-state index is 14.2. The highest BCUT2D eigenvalue weighted by Crippen LogP contribution is 2.28. The molecule has 0 aliphatic heterocycles. The summed E-state index contributed by atoms with van der Waals surface area (Å²) in [5, 5.41) is 3.15. The lowest BCUT2D eigenvalue weighted by Crippen LogP contribution is -2.53. The molecule has 2 amide bonds. The van der Waals surface area contributed by atoms with Crippen molar-refractivity contribution < 1.29 is 18.0 Å². The average Bonchev–Trinajstić information content (AvgIpc) is 2.98. The van der Waals surface area contributed by atoms with Crippen molar-refractivity contribution in [3.05, 3.63) is 95.1 Å². The number of carbonyl (C=O) groups excluding carboxylic acids is 2. The number of nitrogens with zero attached hydrogens (tertiary/aromatic N) is 2. The first-order valence-corrected chi connectivity index (χ1v) is 16.3. The van der Waals surface area contributed by atoms with Crippen LogP contribution in [0.4, 0.5) is 5.69 Å². The molecule has 224 valence electrons. The Bertz CT molecular complexity index is 1470. The smallest absolute Gasteiger partial charge is 0.264 e. The first-order valence-electron chi connectivity index (χ1n) is 14.9. The summed E-state index contributed by atoms with van der Waals surface area (Å²) >= 11 is 0. The van der Waals surface area contributed by atoms with Crippen LogP contribution in [0.1, 0.15) is 61.3 Å². The van der Waals surface area contributed by atoms with Crippen LogP contribution in [0.3, 0.4) is 0 Å². The molecule has 3 aromatic rings. The number of rotatable bonds is 11. The predicted octanol–water partition coefficient (Wildman–Crippen LogP) is 5.72. The Morgan fingerprint density at radius 3 is 2.19 bits per heavy atom. The molecule has 1 atom stereocenters. The van der Waals surface area contributed by atoms with Crippen LogP contribution in [-0.2, 0) is 26.0 Å². The Balaban J connectivity index is 1.67.